The number of allylic oxidation sites excluding steroid dienone is 3. The quantitative estimate of drug-likeness (QED) is 0.132. The Labute approximate surface area is 381 Å². The Kier molecular flexibility index (Phi) is 21.5. The number of ether oxygens (including phenoxy) is 7. The highest BCUT2D eigenvalue weighted by molar-refractivity contribution is 5.91. The fraction of sp³-hybridized carbons (Fsp3) is 0.735. The van der Waals surface area contributed by atoms with Crippen LogP contribution < -0.4 is 5.32 Å². The minimum absolute atomic E-state index is 0.0165. The third-order valence-electron chi connectivity index (χ3n) is 12.4. The number of cyclic esters (lactones) is 1. The number of likely N-dealkylation sites (N-methyl/N-ethyl adjacent to an activating group) is 1. The summed E-state index contributed by atoms with van der Waals surface area (Å²) in [5.41, 5.74) is -0.229. The first-order valence-corrected chi connectivity index (χ1v) is 23.2. The number of hydrogen-bond donors (Lipinski definition) is 4. The SMILES string of the molecule is CO[C@@H]1[C@@H](O[C@@H]2O[C@H](C)[C@@H](O[C@H]3C[C@@](C)(O)[C@@H](OC(=O)CC(C)C)[C@H](C)O3)[C@H](N(C)C)[C@H]2O)[C@@H](CCNCCCc2ccccc2)C[C@@H](C)C(=O)C=CC=CC[C@@H](C)OC(=O)C[C@H]1O. The maximum atomic E-state index is 13.5. The number of aliphatic hydroxyl groups excluding tert-OH is 2. The molecular weight excluding hydrogens is 825 g/mol. The molecule has 0 spiro atoms. The molecule has 3 aliphatic rings. The summed E-state index contributed by atoms with van der Waals surface area (Å²) in [6.45, 7) is 13.8. The summed E-state index contributed by atoms with van der Waals surface area (Å²) in [5, 5.41) is 39.1. The number of hydrogen-bond acceptors (Lipinski definition) is 15. The zero-order valence-corrected chi connectivity index (χ0v) is 39.8. The van der Waals surface area contributed by atoms with Crippen LogP contribution in [-0.4, -0.2) is 151 Å². The van der Waals surface area contributed by atoms with Crippen LogP contribution in [0.3, 0.4) is 0 Å². The monoisotopic (exact) mass is 903 g/mol. The van der Waals surface area contributed by atoms with E-state index >= 15 is 0 Å². The van der Waals surface area contributed by atoms with Crippen molar-refractivity contribution < 1.29 is 62.9 Å². The summed E-state index contributed by atoms with van der Waals surface area (Å²) in [6.07, 6.45) is -0.911. The second-order valence-electron chi connectivity index (χ2n) is 18.9. The van der Waals surface area contributed by atoms with Gasteiger partial charge in [0.25, 0.3) is 0 Å². The Bertz CT molecular complexity index is 1640. The van der Waals surface area contributed by atoms with Crippen LogP contribution >= 0.6 is 0 Å². The molecule has 4 N–H and O–H groups in total. The van der Waals surface area contributed by atoms with E-state index in [4.69, 9.17) is 33.2 Å². The molecule has 15 atom stereocenters. The second-order valence-corrected chi connectivity index (χ2v) is 18.9. The third-order valence-corrected chi connectivity index (χ3v) is 12.4. The fourth-order valence-electron chi connectivity index (χ4n) is 9.08. The van der Waals surface area contributed by atoms with E-state index in [9.17, 15) is 29.7 Å². The van der Waals surface area contributed by atoms with Crippen LogP contribution in [0.1, 0.15) is 99.0 Å². The average molecular weight is 903 g/mol. The van der Waals surface area contributed by atoms with Gasteiger partial charge in [-0.3, -0.25) is 14.4 Å². The average Bonchev–Trinajstić information content (AvgIpc) is 3.20. The van der Waals surface area contributed by atoms with E-state index in [-0.39, 0.29) is 31.0 Å². The normalized spacial score (nSPS) is 36.0. The molecule has 0 amide bonds. The van der Waals surface area contributed by atoms with Gasteiger partial charge in [0.05, 0.1) is 36.9 Å². The number of esters is 2. The molecular formula is C49H78N2O13. The number of aryl methyl sites for hydroxylation is 1. The van der Waals surface area contributed by atoms with Gasteiger partial charge in [-0.25, -0.2) is 0 Å². The lowest BCUT2D eigenvalue weighted by Crippen LogP contribution is -2.66. The Morgan fingerprint density at radius 3 is 2.34 bits per heavy atom. The third kappa shape index (κ3) is 16.1. The smallest absolute Gasteiger partial charge is 0.308 e. The number of carbonyl (C=O) groups is 3. The van der Waals surface area contributed by atoms with Crippen LogP contribution in [0.25, 0.3) is 0 Å². The molecule has 1 aromatic carbocycles. The number of carbonyl (C=O) groups excluding carboxylic acids is 3. The first kappa shape index (κ1) is 53.5. The van der Waals surface area contributed by atoms with Gasteiger partial charge in [-0.05, 0) is 104 Å². The van der Waals surface area contributed by atoms with Crippen molar-refractivity contribution in [3.05, 3.63) is 60.2 Å². The molecule has 0 unspecified atom stereocenters. The van der Waals surface area contributed by atoms with Gasteiger partial charge < -0.3 is 58.7 Å². The standard InChI is InChI=1S/C49H78N2O13/c1-30(2)26-39(54)62-47-34(6)60-41(29-49(47,7)57)63-44-33(5)61-48(43(56)42(44)51(8)9)64-45-36(23-25-50-24-17-21-35-19-14-12-15-20-35)27-31(3)37(52)22-16-11-13-18-32(4)59-40(55)28-38(53)46(45)58-10/h11-16,19-20,22,30-34,36,38,41-48,50,53,56-57H,17-18,21,23-29H2,1-10H3/t31-,32-,33-,34+,36+,38-,41+,42-,43-,44-,45+,46+,47+,48+,49-/m1/s1. The Hall–Kier alpha value is -3.09. The molecule has 3 heterocycles. The van der Waals surface area contributed by atoms with E-state index in [1.54, 1.807) is 53.9 Å². The number of methoxy groups -OCH3 is 1. The zero-order chi connectivity index (χ0) is 47.1. The zero-order valence-electron chi connectivity index (χ0n) is 39.8. The highest BCUT2D eigenvalue weighted by atomic mass is 16.7. The lowest BCUT2D eigenvalue weighted by Gasteiger charge is -2.50. The minimum atomic E-state index is -1.48. The first-order chi connectivity index (χ1) is 30.3. The van der Waals surface area contributed by atoms with Gasteiger partial charge in [0.1, 0.15) is 30.0 Å². The van der Waals surface area contributed by atoms with Gasteiger partial charge in [-0.15, -0.1) is 0 Å². The number of nitrogens with zero attached hydrogens (tertiary/aromatic N) is 1. The van der Waals surface area contributed by atoms with Gasteiger partial charge in [-0.2, -0.15) is 0 Å². The molecule has 1 aromatic rings. The molecule has 0 saturated carbocycles. The van der Waals surface area contributed by atoms with Gasteiger partial charge in [0.2, 0.25) is 0 Å². The van der Waals surface area contributed by atoms with Crippen LogP contribution in [0.15, 0.2) is 54.6 Å². The molecule has 4 rings (SSSR count). The minimum Gasteiger partial charge on any atom is -0.462 e. The van der Waals surface area contributed by atoms with E-state index in [0.717, 1.165) is 19.4 Å². The maximum absolute atomic E-state index is 13.5. The van der Waals surface area contributed by atoms with Gasteiger partial charge >= 0.3 is 11.9 Å². The Balaban J connectivity index is 1.60. The highest BCUT2D eigenvalue weighted by Crippen LogP contribution is 2.37. The molecule has 0 aromatic heterocycles. The second kappa shape index (κ2) is 25.7. The van der Waals surface area contributed by atoms with Gasteiger partial charge in [-0.1, -0.05) is 69.3 Å². The number of benzene rings is 1. The Morgan fingerprint density at radius 2 is 1.69 bits per heavy atom. The number of nitrogens with one attached hydrogen (secondary N) is 1. The van der Waals surface area contributed by atoms with Crippen molar-refractivity contribution in [2.24, 2.45) is 17.8 Å². The van der Waals surface area contributed by atoms with Crippen molar-refractivity contribution in [3.8, 4) is 0 Å². The summed E-state index contributed by atoms with van der Waals surface area (Å²) >= 11 is 0. The topological polar surface area (TPSA) is 192 Å². The van der Waals surface area contributed by atoms with Crippen LogP contribution in [0.4, 0.5) is 0 Å². The fourth-order valence-corrected chi connectivity index (χ4v) is 9.08. The van der Waals surface area contributed by atoms with Crippen molar-refractivity contribution in [2.45, 2.75) is 179 Å². The molecule has 0 radical (unpaired) electrons. The van der Waals surface area contributed by atoms with Crippen molar-refractivity contribution in [3.63, 3.8) is 0 Å². The number of rotatable bonds is 16. The predicted octanol–water partition coefficient (Wildman–Crippen LogP) is 4.67. The van der Waals surface area contributed by atoms with Crippen molar-refractivity contribution >= 4 is 17.7 Å². The molecule has 0 aliphatic carbocycles. The molecule has 2 fully saturated rings. The summed E-state index contributed by atoms with van der Waals surface area (Å²) in [5.74, 6) is -1.92. The summed E-state index contributed by atoms with van der Waals surface area (Å²) in [6, 6.07) is 9.53. The number of ketones is 1. The molecule has 0 bridgehead atoms. The van der Waals surface area contributed by atoms with Crippen LogP contribution in [-0.2, 0) is 54.0 Å². The van der Waals surface area contributed by atoms with Crippen LogP contribution in [0.2, 0.25) is 0 Å². The lowest BCUT2D eigenvalue weighted by molar-refractivity contribution is -0.344. The van der Waals surface area contributed by atoms with E-state index in [2.05, 4.69) is 17.4 Å². The van der Waals surface area contributed by atoms with E-state index in [1.165, 1.54) is 18.7 Å². The maximum Gasteiger partial charge on any atom is 0.308 e. The van der Waals surface area contributed by atoms with Crippen LogP contribution in [0, 0.1) is 17.8 Å². The van der Waals surface area contributed by atoms with E-state index in [0.29, 0.717) is 25.8 Å². The molecule has 2 saturated heterocycles. The summed E-state index contributed by atoms with van der Waals surface area (Å²) in [4.78, 5) is 41.1. The first-order valence-electron chi connectivity index (χ1n) is 23.2. The predicted molar refractivity (Wildman–Crippen MR) is 241 cm³/mol. The molecule has 3 aliphatic heterocycles. The van der Waals surface area contributed by atoms with Crippen molar-refractivity contribution in [1.29, 1.82) is 0 Å². The highest BCUT2D eigenvalue weighted by Gasteiger charge is 2.52. The van der Waals surface area contributed by atoms with E-state index in [1.807, 2.05) is 49.9 Å². The van der Waals surface area contributed by atoms with Crippen molar-refractivity contribution in [1.82, 2.24) is 10.2 Å². The molecule has 64 heavy (non-hydrogen) atoms. The largest absolute Gasteiger partial charge is 0.462 e. The molecule has 15 heteroatoms. The van der Waals surface area contributed by atoms with Gasteiger partial charge in [0.15, 0.2) is 24.5 Å². The summed E-state index contributed by atoms with van der Waals surface area (Å²) < 4.78 is 43.4. The molecule has 362 valence electrons. The number of aliphatic hydroxyl groups is 3. The molecule has 15 nitrogen and oxygen atoms in total. The van der Waals surface area contributed by atoms with E-state index < -0.39 is 103 Å². The lowest BCUT2D eigenvalue weighted by atomic mass is 9.82. The van der Waals surface area contributed by atoms with Gasteiger partial charge in [0, 0.05) is 32.3 Å². The summed E-state index contributed by atoms with van der Waals surface area (Å²) in [7, 11) is 5.03. The van der Waals surface area contributed by atoms with Crippen LogP contribution in [0.5, 0.6) is 0 Å². The Morgan fingerprint density at radius 1 is 0.969 bits per heavy atom. The van der Waals surface area contributed by atoms with Crippen molar-refractivity contribution in [2.75, 3.05) is 34.3 Å².